The number of aryl methyl sites for hydroxylation is 1. The lowest BCUT2D eigenvalue weighted by molar-refractivity contribution is 0.199. The van der Waals surface area contributed by atoms with Gasteiger partial charge in [0, 0.05) is 31.1 Å². The van der Waals surface area contributed by atoms with Gasteiger partial charge < -0.3 is 5.32 Å². The Kier molecular flexibility index (Phi) is 5.86. The second-order valence-corrected chi connectivity index (χ2v) is 7.07. The lowest BCUT2D eigenvalue weighted by atomic mass is 10.0. The number of nitrogens with zero attached hydrogens (tertiary/aromatic N) is 5. The maximum atomic E-state index is 4.79. The van der Waals surface area contributed by atoms with Gasteiger partial charge in [0.15, 0.2) is 5.65 Å². The topological polar surface area (TPSA) is 58.3 Å². The SMILES string of the molecule is C=CCN(CC=C)C(CNc1nc2ccccc2c2nc(C)nn12)C(C)C. The first-order valence-electron chi connectivity index (χ1n) is 9.37. The molecule has 6 heteroatoms. The number of rotatable bonds is 9. The van der Waals surface area contributed by atoms with E-state index in [1.165, 1.54) is 0 Å². The van der Waals surface area contributed by atoms with Crippen LogP contribution < -0.4 is 5.32 Å². The highest BCUT2D eigenvalue weighted by molar-refractivity contribution is 5.92. The predicted molar refractivity (Wildman–Crippen MR) is 112 cm³/mol. The molecule has 1 N–H and O–H groups in total. The van der Waals surface area contributed by atoms with Gasteiger partial charge in [-0.1, -0.05) is 38.1 Å². The molecule has 6 nitrogen and oxygen atoms in total. The van der Waals surface area contributed by atoms with E-state index >= 15 is 0 Å². The van der Waals surface area contributed by atoms with Crippen molar-refractivity contribution in [1.29, 1.82) is 0 Å². The van der Waals surface area contributed by atoms with E-state index in [1.54, 1.807) is 4.52 Å². The minimum absolute atomic E-state index is 0.314. The van der Waals surface area contributed by atoms with Gasteiger partial charge in [-0.2, -0.15) is 4.52 Å². The molecule has 142 valence electrons. The number of anilines is 1. The summed E-state index contributed by atoms with van der Waals surface area (Å²) in [6, 6.07) is 8.34. The lowest BCUT2D eigenvalue weighted by Crippen LogP contribution is -2.44. The second-order valence-electron chi connectivity index (χ2n) is 7.07. The Morgan fingerprint density at radius 3 is 2.52 bits per heavy atom. The van der Waals surface area contributed by atoms with Crippen LogP contribution in [0.2, 0.25) is 0 Å². The second kappa shape index (κ2) is 8.31. The highest BCUT2D eigenvalue weighted by Crippen LogP contribution is 2.21. The molecule has 3 rings (SSSR count). The van der Waals surface area contributed by atoms with Gasteiger partial charge in [-0.3, -0.25) is 4.90 Å². The van der Waals surface area contributed by atoms with Crippen LogP contribution in [0.15, 0.2) is 49.6 Å². The summed E-state index contributed by atoms with van der Waals surface area (Å²) in [4.78, 5) is 11.7. The van der Waals surface area contributed by atoms with Crippen LogP contribution in [-0.2, 0) is 0 Å². The largest absolute Gasteiger partial charge is 0.353 e. The summed E-state index contributed by atoms with van der Waals surface area (Å²) in [6.45, 7) is 16.5. The maximum absolute atomic E-state index is 4.79. The fraction of sp³-hybridized carbons (Fsp3) is 0.381. The van der Waals surface area contributed by atoms with Crippen LogP contribution in [0.1, 0.15) is 19.7 Å². The Balaban J connectivity index is 1.94. The molecular formula is C21H28N6. The fourth-order valence-corrected chi connectivity index (χ4v) is 3.43. The van der Waals surface area contributed by atoms with E-state index in [4.69, 9.17) is 4.98 Å². The molecule has 0 aliphatic rings. The number of hydrogen-bond acceptors (Lipinski definition) is 5. The molecular weight excluding hydrogens is 336 g/mol. The Morgan fingerprint density at radius 1 is 1.15 bits per heavy atom. The van der Waals surface area contributed by atoms with Gasteiger partial charge in [0.25, 0.3) is 0 Å². The summed E-state index contributed by atoms with van der Waals surface area (Å²) in [5.41, 5.74) is 1.74. The molecule has 0 saturated heterocycles. The monoisotopic (exact) mass is 364 g/mol. The Labute approximate surface area is 160 Å². The molecule has 3 aromatic rings. The third-order valence-corrected chi connectivity index (χ3v) is 4.72. The summed E-state index contributed by atoms with van der Waals surface area (Å²) in [6.07, 6.45) is 3.87. The molecule has 0 aliphatic carbocycles. The van der Waals surface area contributed by atoms with E-state index in [0.717, 1.165) is 42.0 Å². The third kappa shape index (κ3) is 4.01. The van der Waals surface area contributed by atoms with Crippen molar-refractivity contribution in [3.8, 4) is 0 Å². The highest BCUT2D eigenvalue weighted by Gasteiger charge is 2.21. The molecule has 0 saturated carbocycles. The van der Waals surface area contributed by atoms with Crippen LogP contribution in [0.25, 0.3) is 16.6 Å². The molecule has 2 aromatic heterocycles. The number of aromatic nitrogens is 4. The van der Waals surface area contributed by atoms with E-state index in [9.17, 15) is 0 Å². The van der Waals surface area contributed by atoms with Crippen molar-refractivity contribution in [2.75, 3.05) is 25.0 Å². The van der Waals surface area contributed by atoms with E-state index < -0.39 is 0 Å². The van der Waals surface area contributed by atoms with Crippen molar-refractivity contribution in [2.45, 2.75) is 26.8 Å². The van der Waals surface area contributed by atoms with Crippen LogP contribution in [0, 0.1) is 12.8 Å². The minimum Gasteiger partial charge on any atom is -0.353 e. The number of fused-ring (bicyclic) bond motifs is 3. The molecule has 1 atom stereocenters. The number of para-hydroxylation sites is 1. The predicted octanol–water partition coefficient (Wildman–Crippen LogP) is 3.70. The van der Waals surface area contributed by atoms with Crippen LogP contribution in [0.4, 0.5) is 5.95 Å². The van der Waals surface area contributed by atoms with Gasteiger partial charge in [-0.15, -0.1) is 18.3 Å². The summed E-state index contributed by atoms with van der Waals surface area (Å²) in [5, 5.41) is 9.05. The molecule has 0 radical (unpaired) electrons. The van der Waals surface area contributed by atoms with Crippen LogP contribution in [0.5, 0.6) is 0 Å². The molecule has 1 unspecified atom stereocenters. The van der Waals surface area contributed by atoms with Crippen LogP contribution in [-0.4, -0.2) is 50.2 Å². The van der Waals surface area contributed by atoms with Gasteiger partial charge in [0.2, 0.25) is 5.95 Å². The number of hydrogen-bond donors (Lipinski definition) is 1. The molecule has 0 aliphatic heterocycles. The van der Waals surface area contributed by atoms with Crippen molar-refractivity contribution in [3.63, 3.8) is 0 Å². The molecule has 0 bridgehead atoms. The molecule has 0 amide bonds. The Bertz CT molecular complexity index is 932. The normalized spacial score (nSPS) is 12.8. The van der Waals surface area contributed by atoms with Crippen molar-refractivity contribution in [2.24, 2.45) is 5.92 Å². The van der Waals surface area contributed by atoms with Crippen LogP contribution in [0.3, 0.4) is 0 Å². The first kappa shape index (κ1) is 19.0. The van der Waals surface area contributed by atoms with E-state index in [1.807, 2.05) is 43.3 Å². The third-order valence-electron chi connectivity index (χ3n) is 4.72. The molecule has 0 fully saturated rings. The zero-order valence-corrected chi connectivity index (χ0v) is 16.4. The zero-order valence-electron chi connectivity index (χ0n) is 16.4. The van der Waals surface area contributed by atoms with Gasteiger partial charge in [0.1, 0.15) is 5.82 Å². The lowest BCUT2D eigenvalue weighted by Gasteiger charge is -2.33. The maximum Gasteiger partial charge on any atom is 0.226 e. The molecule has 27 heavy (non-hydrogen) atoms. The number of benzene rings is 1. The Morgan fingerprint density at radius 2 is 1.85 bits per heavy atom. The van der Waals surface area contributed by atoms with Gasteiger partial charge in [0.05, 0.1) is 5.52 Å². The van der Waals surface area contributed by atoms with Crippen molar-refractivity contribution in [3.05, 3.63) is 55.4 Å². The Hall–Kier alpha value is -2.73. The van der Waals surface area contributed by atoms with Crippen molar-refractivity contribution in [1.82, 2.24) is 24.5 Å². The first-order chi connectivity index (χ1) is 13.0. The summed E-state index contributed by atoms with van der Waals surface area (Å²) < 4.78 is 1.81. The van der Waals surface area contributed by atoms with Gasteiger partial charge in [-0.05, 0) is 25.0 Å². The standard InChI is InChI=1S/C21H28N6/c1-6-12-26(13-7-2)19(15(3)4)14-22-21-24-18-11-9-8-10-17(18)20-23-16(5)25-27(20)21/h6-11,15,19H,1-2,12-14H2,3-5H3,(H,22,24). The van der Waals surface area contributed by atoms with Crippen LogP contribution >= 0.6 is 0 Å². The van der Waals surface area contributed by atoms with Crippen molar-refractivity contribution < 1.29 is 0 Å². The zero-order chi connectivity index (χ0) is 19.4. The summed E-state index contributed by atoms with van der Waals surface area (Å²) >= 11 is 0. The molecule has 2 heterocycles. The van der Waals surface area contributed by atoms with E-state index in [0.29, 0.717) is 17.9 Å². The molecule has 0 spiro atoms. The highest BCUT2D eigenvalue weighted by atomic mass is 15.4. The number of nitrogens with one attached hydrogen (secondary N) is 1. The first-order valence-corrected chi connectivity index (χ1v) is 9.37. The quantitative estimate of drug-likeness (QED) is 0.587. The average Bonchev–Trinajstić information content (AvgIpc) is 3.04. The van der Waals surface area contributed by atoms with E-state index in [2.05, 4.69) is 47.3 Å². The summed E-state index contributed by atoms with van der Waals surface area (Å²) in [7, 11) is 0. The smallest absolute Gasteiger partial charge is 0.226 e. The summed E-state index contributed by atoms with van der Waals surface area (Å²) in [5.74, 6) is 1.91. The van der Waals surface area contributed by atoms with Crippen molar-refractivity contribution >= 4 is 22.5 Å². The van der Waals surface area contributed by atoms with Gasteiger partial charge >= 0.3 is 0 Å². The molecule has 1 aromatic carbocycles. The fourth-order valence-electron chi connectivity index (χ4n) is 3.43. The average molecular weight is 364 g/mol. The van der Waals surface area contributed by atoms with Gasteiger partial charge in [-0.25, -0.2) is 9.97 Å². The minimum atomic E-state index is 0.314. The van der Waals surface area contributed by atoms with E-state index in [-0.39, 0.29) is 0 Å².